The van der Waals surface area contributed by atoms with Crippen LogP contribution in [-0.2, 0) is 4.79 Å². The summed E-state index contributed by atoms with van der Waals surface area (Å²) in [4.78, 5) is 29.4. The average molecular weight is 270 g/mol. The van der Waals surface area contributed by atoms with Gasteiger partial charge in [0.05, 0.1) is 11.5 Å². The van der Waals surface area contributed by atoms with E-state index < -0.39 is 17.9 Å². The smallest absolute Gasteiger partial charge is 0.550 e. The van der Waals surface area contributed by atoms with E-state index in [9.17, 15) is 14.7 Å². The number of benzene rings is 1. The first-order chi connectivity index (χ1) is 7.34. The van der Waals surface area contributed by atoms with Crippen molar-refractivity contribution in [1.29, 1.82) is 0 Å². The molecule has 0 fully saturated rings. The zero-order chi connectivity index (χ0) is 12.7. The molecule has 0 bridgehead atoms. The van der Waals surface area contributed by atoms with Gasteiger partial charge in [-0.3, -0.25) is 0 Å². The van der Waals surface area contributed by atoms with Crippen molar-refractivity contribution in [3.8, 4) is 0 Å². The van der Waals surface area contributed by atoms with Gasteiger partial charge in [-0.15, -0.1) is 0 Å². The van der Waals surface area contributed by atoms with Gasteiger partial charge in [-0.05, 0) is 24.6 Å². The molecule has 86 valence electrons. The summed E-state index contributed by atoms with van der Waals surface area (Å²) in [7, 11) is 0. The van der Waals surface area contributed by atoms with Crippen molar-refractivity contribution in [2.75, 3.05) is 0 Å². The van der Waals surface area contributed by atoms with Gasteiger partial charge in [-0.2, -0.15) is 0 Å². The van der Waals surface area contributed by atoms with Crippen molar-refractivity contribution in [3.05, 3.63) is 35.4 Å². The monoisotopic (exact) mass is 270 g/mol. The van der Waals surface area contributed by atoms with Crippen LogP contribution in [0.2, 0.25) is 0 Å². The molecule has 0 aromatic heterocycles. The fourth-order valence-electron chi connectivity index (χ4n) is 0.749. The van der Waals surface area contributed by atoms with Crippen molar-refractivity contribution in [3.63, 3.8) is 0 Å². The molecule has 18 heavy (non-hydrogen) atoms. The van der Waals surface area contributed by atoms with E-state index in [-0.39, 0.29) is 70.2 Å². The summed E-state index contributed by atoms with van der Waals surface area (Å²) in [6.07, 6.45) is 0. The van der Waals surface area contributed by atoms with Gasteiger partial charge in [0.15, 0.2) is 0 Å². The van der Waals surface area contributed by atoms with Gasteiger partial charge in [0.1, 0.15) is 0 Å². The Balaban J connectivity index is -0.000000332. The van der Waals surface area contributed by atoms with Gasteiger partial charge in [0.25, 0.3) is 0 Å². The Kier molecular flexibility index (Phi) is 14.8. The van der Waals surface area contributed by atoms with Crippen molar-refractivity contribution >= 4 is 17.9 Å². The second-order valence-corrected chi connectivity index (χ2v) is 2.66. The van der Waals surface area contributed by atoms with E-state index in [1.54, 1.807) is 0 Å². The molecular weight excluding hydrogens is 262 g/mol. The predicted molar refractivity (Wildman–Crippen MR) is 48.4 cm³/mol. The number of aliphatic carboxylic acids is 1. The second kappa shape index (κ2) is 11.7. The number of carboxylic acids is 3. The van der Waals surface area contributed by atoms with Crippen LogP contribution in [0.5, 0.6) is 0 Å². The minimum atomic E-state index is -1.31. The molecule has 0 saturated carbocycles. The van der Waals surface area contributed by atoms with E-state index in [2.05, 4.69) is 0 Å². The van der Waals surface area contributed by atoms with Crippen LogP contribution in [-0.4, -0.2) is 23.0 Å². The number of carboxylic acid groups (broad SMARTS) is 3. The molecule has 0 unspecified atom stereocenters. The van der Waals surface area contributed by atoms with Crippen LogP contribution in [0.4, 0.5) is 0 Å². The van der Waals surface area contributed by atoms with Crippen molar-refractivity contribution < 1.29 is 88.8 Å². The van der Waals surface area contributed by atoms with Crippen LogP contribution >= 0.6 is 0 Å². The maximum absolute atomic E-state index is 10.3. The minimum absolute atomic E-state index is 0. The Hall–Kier alpha value is -0.370. The molecule has 1 aromatic rings. The largest absolute Gasteiger partial charge is 1.00 e. The summed E-state index contributed by atoms with van der Waals surface area (Å²) in [5.41, 5.74) is 0.0278. The Morgan fingerprint density at radius 1 is 0.944 bits per heavy atom. The normalized spacial score (nSPS) is 7.61. The molecule has 0 spiro atoms. The van der Waals surface area contributed by atoms with Crippen LogP contribution < -0.4 is 69.3 Å². The molecular formula is C10H8Na2O6. The molecule has 0 saturated heterocycles. The van der Waals surface area contributed by atoms with Gasteiger partial charge < -0.3 is 24.9 Å². The molecule has 1 aromatic carbocycles. The first kappa shape index (κ1) is 22.8. The number of carbonyl (C=O) groups is 3. The van der Waals surface area contributed by atoms with Gasteiger partial charge >= 0.3 is 65.1 Å². The quantitative estimate of drug-likeness (QED) is 0.533. The molecule has 1 N–H and O–H groups in total. The summed E-state index contributed by atoms with van der Waals surface area (Å²) in [5, 5.41) is 27.6. The van der Waals surface area contributed by atoms with Crippen LogP contribution in [0.15, 0.2) is 24.3 Å². The molecule has 0 aliphatic carbocycles. The van der Waals surface area contributed by atoms with Crippen molar-refractivity contribution in [2.45, 2.75) is 6.92 Å². The average Bonchev–Trinajstić information content (AvgIpc) is 2.17. The summed E-state index contributed by atoms with van der Waals surface area (Å²) in [5.74, 6) is -3.48. The molecule has 0 atom stereocenters. The van der Waals surface area contributed by atoms with Gasteiger partial charge in [-0.25, -0.2) is 4.79 Å². The Labute approximate surface area is 148 Å². The number of hydrogen-bond acceptors (Lipinski definition) is 5. The molecule has 1 rings (SSSR count). The zero-order valence-corrected chi connectivity index (χ0v) is 14.3. The van der Waals surface area contributed by atoms with E-state index in [0.29, 0.717) is 0 Å². The third-order valence-corrected chi connectivity index (χ3v) is 1.37. The minimum Gasteiger partial charge on any atom is -0.550 e. The molecule has 6 nitrogen and oxygen atoms in total. The molecule has 0 amide bonds. The number of carbonyl (C=O) groups excluding carboxylic acids is 2. The first-order valence-corrected chi connectivity index (χ1v) is 4.07. The zero-order valence-electron chi connectivity index (χ0n) is 10.3. The fourth-order valence-corrected chi connectivity index (χ4v) is 0.749. The standard InChI is InChI=1S/C8H6O4.C2H4O2.2Na/c9-7(10)5-1-2-6(4-3-5)8(11)12;1-2(3)4;;/h1-4H,(H,9,10)(H,11,12);1H3,(H,3,4);;/q;;2*+1/p-2. The summed E-state index contributed by atoms with van der Waals surface area (Å²) < 4.78 is 0. The van der Waals surface area contributed by atoms with Crippen molar-refractivity contribution in [1.82, 2.24) is 0 Å². The second-order valence-electron chi connectivity index (χ2n) is 2.66. The predicted octanol–water partition coefficient (Wildman–Crippen LogP) is -7.49. The first-order valence-electron chi connectivity index (χ1n) is 4.07. The third-order valence-electron chi connectivity index (χ3n) is 1.37. The Morgan fingerprint density at radius 2 is 1.22 bits per heavy atom. The molecule has 0 heterocycles. The van der Waals surface area contributed by atoms with Crippen LogP contribution in [0.25, 0.3) is 0 Å². The van der Waals surface area contributed by atoms with Gasteiger partial charge in [-0.1, -0.05) is 12.1 Å². The molecule has 0 aliphatic rings. The van der Waals surface area contributed by atoms with E-state index in [1.165, 1.54) is 24.3 Å². The number of rotatable bonds is 2. The maximum atomic E-state index is 10.3. The van der Waals surface area contributed by atoms with E-state index in [0.717, 1.165) is 6.92 Å². The molecule has 8 heteroatoms. The SMILES string of the molecule is CC(=O)[O-].O=C([O-])c1ccc(C(=O)O)cc1.[Na+].[Na+]. The molecule has 0 radical (unpaired) electrons. The van der Waals surface area contributed by atoms with Crippen LogP contribution in [0, 0.1) is 0 Å². The van der Waals surface area contributed by atoms with Gasteiger partial charge in [0.2, 0.25) is 0 Å². The topological polar surface area (TPSA) is 118 Å². The van der Waals surface area contributed by atoms with E-state index in [4.69, 9.17) is 15.0 Å². The van der Waals surface area contributed by atoms with E-state index >= 15 is 0 Å². The fraction of sp³-hybridized carbons (Fsp3) is 0.100. The van der Waals surface area contributed by atoms with E-state index in [1.807, 2.05) is 0 Å². The van der Waals surface area contributed by atoms with Crippen LogP contribution in [0.1, 0.15) is 27.6 Å². The van der Waals surface area contributed by atoms with Crippen LogP contribution in [0.3, 0.4) is 0 Å². The summed E-state index contributed by atoms with van der Waals surface area (Å²) in [6, 6.07) is 4.82. The Bertz CT molecular complexity index is 364. The summed E-state index contributed by atoms with van der Waals surface area (Å²) in [6.45, 7) is 0.972. The Morgan fingerprint density at radius 3 is 1.44 bits per heavy atom. The number of aromatic carboxylic acids is 2. The maximum Gasteiger partial charge on any atom is 1.00 e. The van der Waals surface area contributed by atoms with Crippen molar-refractivity contribution in [2.24, 2.45) is 0 Å². The summed E-state index contributed by atoms with van der Waals surface area (Å²) >= 11 is 0. The number of hydrogen-bond donors (Lipinski definition) is 1. The van der Waals surface area contributed by atoms with Gasteiger partial charge in [0, 0.05) is 5.97 Å². The third kappa shape index (κ3) is 10.8. The molecule has 0 aliphatic heterocycles.